The van der Waals surface area contributed by atoms with Crippen LogP contribution in [0.1, 0.15) is 13.3 Å². The number of carboxylic acids is 1. The summed E-state index contributed by atoms with van der Waals surface area (Å²) in [5.41, 5.74) is -1.67. The van der Waals surface area contributed by atoms with Crippen molar-refractivity contribution in [2.75, 3.05) is 6.54 Å². The van der Waals surface area contributed by atoms with Crippen molar-refractivity contribution < 1.29 is 23.4 Å². The Morgan fingerprint density at radius 1 is 1.47 bits per heavy atom. The van der Waals surface area contributed by atoms with Gasteiger partial charge in [0.15, 0.2) is 0 Å². The summed E-state index contributed by atoms with van der Waals surface area (Å²) in [5, 5.41) is 18.6. The first-order chi connectivity index (χ1) is 8.62. The van der Waals surface area contributed by atoms with Crippen LogP contribution in [0.5, 0.6) is 0 Å². The highest BCUT2D eigenvalue weighted by Crippen LogP contribution is 2.16. The molecule has 0 bridgehead atoms. The van der Waals surface area contributed by atoms with Gasteiger partial charge in [0.05, 0.1) is 16.9 Å². The van der Waals surface area contributed by atoms with Crippen molar-refractivity contribution in [3.05, 3.63) is 29.3 Å². The van der Waals surface area contributed by atoms with E-state index < -0.39 is 34.6 Å². The smallest absolute Gasteiger partial charge is 0.306 e. The Hall–Kier alpha value is -1.15. The van der Waals surface area contributed by atoms with Crippen LogP contribution >= 0.6 is 11.6 Å². The number of hydrogen-bond acceptors (Lipinski definition) is 4. The molecule has 0 aromatic heterocycles. The number of nitrogens with one attached hydrogen (secondary N) is 1. The second kappa shape index (κ2) is 5.87. The van der Waals surface area contributed by atoms with E-state index in [9.17, 15) is 18.3 Å². The van der Waals surface area contributed by atoms with E-state index in [1.54, 1.807) is 0 Å². The van der Waals surface area contributed by atoms with Crippen molar-refractivity contribution in [3.63, 3.8) is 0 Å². The van der Waals surface area contributed by atoms with Crippen LogP contribution < -0.4 is 4.72 Å². The van der Waals surface area contributed by atoms with Crippen molar-refractivity contribution in [2.45, 2.75) is 23.8 Å². The van der Waals surface area contributed by atoms with E-state index in [2.05, 4.69) is 4.72 Å². The van der Waals surface area contributed by atoms with Gasteiger partial charge >= 0.3 is 5.97 Å². The molecule has 3 N–H and O–H groups in total. The maximum atomic E-state index is 11.9. The zero-order valence-corrected chi connectivity index (χ0v) is 11.7. The number of aliphatic carboxylic acids is 1. The average Bonchev–Trinajstić information content (AvgIpc) is 2.25. The summed E-state index contributed by atoms with van der Waals surface area (Å²) in [6.07, 6.45) is -0.564. The zero-order valence-electron chi connectivity index (χ0n) is 10.1. The van der Waals surface area contributed by atoms with Gasteiger partial charge < -0.3 is 10.2 Å². The Labute approximate surface area is 116 Å². The average molecular weight is 308 g/mol. The fourth-order valence-electron chi connectivity index (χ4n) is 1.36. The molecule has 1 rings (SSSR count). The van der Waals surface area contributed by atoms with Gasteiger partial charge in [0.25, 0.3) is 0 Å². The first-order valence-electron chi connectivity index (χ1n) is 5.32. The van der Waals surface area contributed by atoms with Crippen LogP contribution in [-0.2, 0) is 14.8 Å². The largest absolute Gasteiger partial charge is 0.481 e. The number of hydrogen-bond donors (Lipinski definition) is 3. The fourth-order valence-corrected chi connectivity index (χ4v) is 2.82. The maximum absolute atomic E-state index is 11.9. The van der Waals surface area contributed by atoms with Crippen LogP contribution in [0.2, 0.25) is 5.02 Å². The Bertz CT molecular complexity index is 570. The molecule has 0 fully saturated rings. The number of benzene rings is 1. The molecule has 6 nitrogen and oxygen atoms in total. The highest BCUT2D eigenvalue weighted by molar-refractivity contribution is 7.89. The summed E-state index contributed by atoms with van der Waals surface area (Å²) in [5.74, 6) is -1.22. The van der Waals surface area contributed by atoms with E-state index in [-0.39, 0.29) is 9.92 Å². The lowest BCUT2D eigenvalue weighted by Gasteiger charge is -2.21. The molecule has 0 aliphatic heterocycles. The van der Waals surface area contributed by atoms with Crippen LogP contribution in [-0.4, -0.2) is 36.7 Å². The molecule has 0 aliphatic rings. The highest BCUT2D eigenvalue weighted by atomic mass is 35.5. The lowest BCUT2D eigenvalue weighted by Crippen LogP contribution is -2.42. The minimum atomic E-state index is -3.84. The van der Waals surface area contributed by atoms with Gasteiger partial charge in [-0.2, -0.15) is 0 Å². The minimum Gasteiger partial charge on any atom is -0.481 e. The Morgan fingerprint density at radius 3 is 2.63 bits per heavy atom. The lowest BCUT2D eigenvalue weighted by molar-refractivity contribution is -0.141. The molecular formula is C11H14ClNO5S. The summed E-state index contributed by atoms with van der Waals surface area (Å²) >= 11 is 5.69. The molecule has 0 spiro atoms. The van der Waals surface area contributed by atoms with E-state index in [1.807, 2.05) is 0 Å². The van der Waals surface area contributed by atoms with Crippen LogP contribution in [0, 0.1) is 0 Å². The molecule has 0 amide bonds. The van der Waals surface area contributed by atoms with Crippen LogP contribution in [0.3, 0.4) is 0 Å². The Kier molecular flexibility index (Phi) is 4.92. The third-order valence-electron chi connectivity index (χ3n) is 2.28. The molecule has 1 unspecified atom stereocenters. The van der Waals surface area contributed by atoms with Gasteiger partial charge in [-0.3, -0.25) is 4.79 Å². The minimum absolute atomic E-state index is 0.0499. The molecule has 0 saturated carbocycles. The number of halogens is 1. The molecule has 0 radical (unpaired) electrons. The van der Waals surface area contributed by atoms with Gasteiger partial charge in [0, 0.05) is 11.6 Å². The van der Waals surface area contributed by atoms with Gasteiger partial charge in [-0.05, 0) is 25.1 Å². The van der Waals surface area contributed by atoms with Crippen molar-refractivity contribution in [2.24, 2.45) is 0 Å². The molecule has 1 aromatic carbocycles. The first kappa shape index (κ1) is 15.9. The Balaban J connectivity index is 2.79. The fraction of sp³-hybridized carbons (Fsp3) is 0.364. The number of aliphatic hydroxyl groups is 1. The predicted molar refractivity (Wildman–Crippen MR) is 69.5 cm³/mol. The van der Waals surface area contributed by atoms with Crippen molar-refractivity contribution in [1.29, 1.82) is 0 Å². The summed E-state index contributed by atoms with van der Waals surface area (Å²) < 4.78 is 25.9. The highest BCUT2D eigenvalue weighted by Gasteiger charge is 2.27. The third-order valence-corrected chi connectivity index (χ3v) is 3.92. The van der Waals surface area contributed by atoms with Gasteiger partial charge in [-0.15, -0.1) is 0 Å². The lowest BCUT2D eigenvalue weighted by atomic mass is 10.0. The van der Waals surface area contributed by atoms with Gasteiger partial charge in [-0.1, -0.05) is 17.7 Å². The number of carboxylic acid groups (broad SMARTS) is 1. The normalized spacial score (nSPS) is 14.9. The summed E-state index contributed by atoms with van der Waals surface area (Å²) in [6.45, 7) is 0.829. The summed E-state index contributed by atoms with van der Waals surface area (Å²) in [4.78, 5) is 10.4. The third kappa shape index (κ3) is 5.15. The molecular weight excluding hydrogens is 294 g/mol. The zero-order chi connectivity index (χ0) is 14.7. The predicted octanol–water partition coefficient (Wildman–Crippen LogP) is 0.844. The standard InChI is InChI=1S/C11H14ClNO5S/c1-11(16,6-10(14)15)7-13-19(17,18)9-4-2-3-8(12)5-9/h2-5,13,16H,6-7H2,1H3,(H,14,15). The van der Waals surface area contributed by atoms with E-state index in [0.717, 1.165) is 0 Å². The monoisotopic (exact) mass is 307 g/mol. The van der Waals surface area contributed by atoms with E-state index >= 15 is 0 Å². The first-order valence-corrected chi connectivity index (χ1v) is 7.18. The van der Waals surface area contributed by atoms with E-state index in [4.69, 9.17) is 16.7 Å². The molecule has 8 heteroatoms. The number of sulfonamides is 1. The maximum Gasteiger partial charge on any atom is 0.306 e. The molecule has 1 atom stereocenters. The molecule has 19 heavy (non-hydrogen) atoms. The second-order valence-corrected chi connectivity index (χ2v) is 6.55. The molecule has 0 heterocycles. The SMILES string of the molecule is CC(O)(CNS(=O)(=O)c1cccc(Cl)c1)CC(=O)O. The van der Waals surface area contributed by atoms with Crippen LogP contribution in [0.4, 0.5) is 0 Å². The molecule has 1 aromatic rings. The van der Waals surface area contributed by atoms with E-state index in [0.29, 0.717) is 0 Å². The molecule has 106 valence electrons. The van der Waals surface area contributed by atoms with Crippen LogP contribution in [0.25, 0.3) is 0 Å². The molecule has 0 aliphatic carbocycles. The van der Waals surface area contributed by atoms with Crippen molar-refractivity contribution in [3.8, 4) is 0 Å². The topological polar surface area (TPSA) is 104 Å². The van der Waals surface area contributed by atoms with Gasteiger partial charge in [0.1, 0.15) is 0 Å². The van der Waals surface area contributed by atoms with Crippen molar-refractivity contribution >= 4 is 27.6 Å². The quantitative estimate of drug-likeness (QED) is 0.722. The van der Waals surface area contributed by atoms with E-state index in [1.165, 1.54) is 31.2 Å². The van der Waals surface area contributed by atoms with Crippen molar-refractivity contribution in [1.82, 2.24) is 4.72 Å². The second-order valence-electron chi connectivity index (χ2n) is 4.35. The molecule has 0 saturated heterocycles. The summed E-state index contributed by atoms with van der Waals surface area (Å²) in [6, 6.07) is 5.61. The van der Waals surface area contributed by atoms with Crippen LogP contribution in [0.15, 0.2) is 29.2 Å². The number of carbonyl (C=O) groups is 1. The number of rotatable bonds is 6. The van der Waals surface area contributed by atoms with Gasteiger partial charge in [0.2, 0.25) is 10.0 Å². The van der Waals surface area contributed by atoms with Gasteiger partial charge in [-0.25, -0.2) is 13.1 Å². The Morgan fingerprint density at radius 2 is 2.11 bits per heavy atom. The summed E-state index contributed by atoms with van der Waals surface area (Å²) in [7, 11) is -3.84.